The first-order valence-electron chi connectivity index (χ1n) is 12.1. The number of halogens is 1. The van der Waals surface area contributed by atoms with Crippen molar-refractivity contribution in [2.75, 3.05) is 38.1 Å². The number of hydrogen-bond acceptors (Lipinski definition) is 7. The molecule has 6 amide bonds. The summed E-state index contributed by atoms with van der Waals surface area (Å²) in [4.78, 5) is 66.5. The van der Waals surface area contributed by atoms with Crippen LogP contribution >= 0.6 is 11.6 Å². The number of piperidine rings is 1. The van der Waals surface area contributed by atoms with E-state index < -0.39 is 30.0 Å². The number of barbiturate groups is 1. The van der Waals surface area contributed by atoms with E-state index in [1.807, 2.05) is 0 Å². The third-order valence-electron chi connectivity index (χ3n) is 7.62. The van der Waals surface area contributed by atoms with Gasteiger partial charge in [0.1, 0.15) is 6.61 Å². The molecule has 0 saturated carbocycles. The van der Waals surface area contributed by atoms with Gasteiger partial charge >= 0.3 is 6.03 Å². The number of hydrogen-bond donors (Lipinski definition) is 4. The van der Waals surface area contributed by atoms with E-state index in [0.717, 1.165) is 0 Å². The van der Waals surface area contributed by atoms with E-state index in [9.17, 15) is 24.0 Å². The van der Waals surface area contributed by atoms with Crippen molar-refractivity contribution in [1.29, 1.82) is 0 Å². The van der Waals surface area contributed by atoms with Crippen molar-refractivity contribution in [3.8, 4) is 0 Å². The number of rotatable bonds is 5. The van der Waals surface area contributed by atoms with Crippen molar-refractivity contribution in [3.05, 3.63) is 64.7 Å². The third kappa shape index (κ3) is 4.42. The van der Waals surface area contributed by atoms with Gasteiger partial charge in [0.05, 0.1) is 0 Å². The Bertz CT molecular complexity index is 1280. The summed E-state index contributed by atoms with van der Waals surface area (Å²) in [7, 11) is 0. The Labute approximate surface area is 223 Å². The Hall–Kier alpha value is -3.80. The molecule has 4 N–H and O–H groups in total. The average Bonchev–Trinajstić information content (AvgIpc) is 2.88. The summed E-state index contributed by atoms with van der Waals surface area (Å²) in [5.41, 5.74) is -0.742. The molecule has 0 bridgehead atoms. The normalized spacial score (nSPS) is 20.4. The average molecular weight is 540 g/mol. The Kier molecular flexibility index (Phi) is 6.68. The zero-order chi connectivity index (χ0) is 27.1. The molecule has 3 heterocycles. The van der Waals surface area contributed by atoms with Crippen LogP contribution in [0.15, 0.2) is 48.5 Å². The third-order valence-corrected chi connectivity index (χ3v) is 7.87. The van der Waals surface area contributed by atoms with Crippen molar-refractivity contribution in [2.45, 2.75) is 18.4 Å². The SMILES string of the molecule is O=C1NC(=O)C(c2ccc(C(=O)Nc3ccc(Cl)cc3)cc2)(N2CCC3(CC2)CN(C(=O)CO)C3)C(=O)N1. The van der Waals surface area contributed by atoms with Gasteiger partial charge in [-0.2, -0.15) is 0 Å². The van der Waals surface area contributed by atoms with Gasteiger partial charge in [-0.15, -0.1) is 0 Å². The van der Waals surface area contributed by atoms with Crippen LogP contribution in [0.5, 0.6) is 0 Å². The number of benzene rings is 2. The van der Waals surface area contributed by atoms with Gasteiger partial charge in [0.15, 0.2) is 0 Å². The van der Waals surface area contributed by atoms with Crippen molar-refractivity contribution in [1.82, 2.24) is 20.4 Å². The number of likely N-dealkylation sites (tertiary alicyclic amines) is 2. The molecule has 3 fully saturated rings. The first-order chi connectivity index (χ1) is 18.2. The molecule has 198 valence electrons. The molecule has 3 aliphatic heterocycles. The van der Waals surface area contributed by atoms with Crippen LogP contribution in [0.3, 0.4) is 0 Å². The molecule has 0 radical (unpaired) electrons. The molecule has 5 rings (SSSR count). The van der Waals surface area contributed by atoms with Gasteiger partial charge in [-0.25, -0.2) is 4.79 Å². The maximum atomic E-state index is 13.3. The molecule has 2 aromatic carbocycles. The highest BCUT2D eigenvalue weighted by Gasteiger charge is 2.58. The number of nitrogens with zero attached hydrogens (tertiary/aromatic N) is 2. The second-order valence-corrected chi connectivity index (χ2v) is 10.3. The number of imide groups is 2. The predicted octanol–water partition coefficient (Wildman–Crippen LogP) is 1.07. The van der Waals surface area contributed by atoms with E-state index in [-0.39, 0.29) is 17.2 Å². The number of carbonyl (C=O) groups is 5. The van der Waals surface area contributed by atoms with Crippen molar-refractivity contribution >= 4 is 46.9 Å². The van der Waals surface area contributed by atoms with E-state index in [2.05, 4.69) is 16.0 Å². The van der Waals surface area contributed by atoms with E-state index in [1.165, 1.54) is 12.1 Å². The van der Waals surface area contributed by atoms with Gasteiger partial charge in [0, 0.05) is 47.9 Å². The summed E-state index contributed by atoms with van der Waals surface area (Å²) in [6.45, 7) is 1.24. The molecule has 0 aliphatic carbocycles. The molecule has 0 unspecified atom stereocenters. The second-order valence-electron chi connectivity index (χ2n) is 9.88. The van der Waals surface area contributed by atoms with Crippen LogP contribution < -0.4 is 16.0 Å². The fraction of sp³-hybridized carbons (Fsp3) is 0.346. The zero-order valence-corrected chi connectivity index (χ0v) is 21.1. The van der Waals surface area contributed by atoms with E-state index in [4.69, 9.17) is 16.7 Å². The minimum atomic E-state index is -1.80. The summed E-state index contributed by atoms with van der Waals surface area (Å²) < 4.78 is 0. The maximum absolute atomic E-state index is 13.3. The van der Waals surface area contributed by atoms with Gasteiger partial charge < -0.3 is 15.3 Å². The van der Waals surface area contributed by atoms with Crippen LogP contribution in [0, 0.1) is 5.41 Å². The summed E-state index contributed by atoms with van der Waals surface area (Å²) in [5, 5.41) is 16.9. The number of urea groups is 1. The lowest BCUT2D eigenvalue weighted by molar-refractivity contribution is -0.157. The molecule has 3 aliphatic rings. The summed E-state index contributed by atoms with van der Waals surface area (Å²) in [5.74, 6) is -2.22. The molecule has 38 heavy (non-hydrogen) atoms. The van der Waals surface area contributed by atoms with Crippen LogP contribution in [0.1, 0.15) is 28.8 Å². The topological polar surface area (TPSA) is 148 Å². The molecule has 11 nitrogen and oxygen atoms in total. The standard InChI is InChI=1S/C26H26ClN5O6/c27-18-5-7-19(8-6-18)28-21(35)16-1-3-17(4-2-16)26(22(36)29-24(38)30-23(26)37)32-11-9-25(10-12-32)14-31(15-25)20(34)13-33/h1-8,33H,9-15H2,(H,28,35)(H2,29,30,36,37,38). The smallest absolute Gasteiger partial charge is 0.328 e. The summed E-state index contributed by atoms with van der Waals surface area (Å²) in [6.07, 6.45) is 1.25. The van der Waals surface area contributed by atoms with Gasteiger partial charge in [-0.3, -0.25) is 34.7 Å². The van der Waals surface area contributed by atoms with Crippen molar-refractivity contribution in [3.63, 3.8) is 0 Å². The van der Waals surface area contributed by atoms with Crippen LogP contribution in [-0.4, -0.2) is 77.4 Å². The van der Waals surface area contributed by atoms with Crippen molar-refractivity contribution < 1.29 is 29.1 Å². The van der Waals surface area contributed by atoms with Gasteiger partial charge in [-0.1, -0.05) is 23.7 Å². The largest absolute Gasteiger partial charge is 0.387 e. The summed E-state index contributed by atoms with van der Waals surface area (Å²) >= 11 is 5.89. The number of anilines is 1. The van der Waals surface area contributed by atoms with Gasteiger partial charge in [0.25, 0.3) is 17.7 Å². The van der Waals surface area contributed by atoms with Crippen molar-refractivity contribution in [2.24, 2.45) is 5.41 Å². The minimum Gasteiger partial charge on any atom is -0.387 e. The minimum absolute atomic E-state index is 0.135. The number of nitrogens with one attached hydrogen (secondary N) is 3. The zero-order valence-electron chi connectivity index (χ0n) is 20.3. The number of carbonyl (C=O) groups excluding carboxylic acids is 5. The highest BCUT2D eigenvalue weighted by molar-refractivity contribution is 6.30. The highest BCUT2D eigenvalue weighted by Crippen LogP contribution is 2.44. The van der Waals surface area contributed by atoms with E-state index in [0.29, 0.717) is 60.9 Å². The van der Waals surface area contributed by atoms with Crippen LogP contribution in [0.25, 0.3) is 0 Å². The van der Waals surface area contributed by atoms with Crippen LogP contribution in [-0.2, 0) is 19.9 Å². The Morgan fingerprint density at radius 3 is 2.05 bits per heavy atom. The molecule has 0 aromatic heterocycles. The molecule has 1 spiro atoms. The number of aliphatic hydroxyl groups is 1. The molecule has 2 aromatic rings. The van der Waals surface area contributed by atoms with E-state index in [1.54, 1.807) is 46.2 Å². The highest BCUT2D eigenvalue weighted by atomic mass is 35.5. The lowest BCUT2D eigenvalue weighted by Crippen LogP contribution is -2.73. The second kappa shape index (κ2) is 9.82. The molecular formula is C26H26ClN5O6. The first-order valence-corrected chi connectivity index (χ1v) is 12.5. The Morgan fingerprint density at radius 2 is 1.50 bits per heavy atom. The van der Waals surface area contributed by atoms with Gasteiger partial charge in [-0.05, 0) is 54.8 Å². The van der Waals surface area contributed by atoms with E-state index >= 15 is 0 Å². The van der Waals surface area contributed by atoms with Crippen LogP contribution in [0.2, 0.25) is 5.02 Å². The first kappa shape index (κ1) is 25.8. The Balaban J connectivity index is 1.38. The summed E-state index contributed by atoms with van der Waals surface area (Å²) in [6, 6.07) is 11.9. The number of aliphatic hydroxyl groups excluding tert-OH is 1. The number of amides is 6. The quantitative estimate of drug-likeness (QED) is 0.415. The van der Waals surface area contributed by atoms with Gasteiger partial charge in [0.2, 0.25) is 11.4 Å². The molecule has 3 saturated heterocycles. The lowest BCUT2D eigenvalue weighted by atomic mass is 9.70. The molecule has 12 heteroatoms. The van der Waals surface area contributed by atoms with Crippen LogP contribution in [0.4, 0.5) is 10.5 Å². The predicted molar refractivity (Wildman–Crippen MR) is 136 cm³/mol. The molecule has 0 atom stereocenters. The fourth-order valence-electron chi connectivity index (χ4n) is 5.53. The monoisotopic (exact) mass is 539 g/mol. The maximum Gasteiger partial charge on any atom is 0.328 e. The fourth-order valence-corrected chi connectivity index (χ4v) is 5.65. The molecular weight excluding hydrogens is 514 g/mol. The lowest BCUT2D eigenvalue weighted by Gasteiger charge is -2.56. The Morgan fingerprint density at radius 1 is 0.921 bits per heavy atom.